The number of hydrogen-bond donors (Lipinski definition) is 1. The van der Waals surface area contributed by atoms with Crippen LogP contribution in [0, 0.1) is 0 Å². The Hall–Kier alpha value is -0.350. The van der Waals surface area contributed by atoms with E-state index in [0.717, 1.165) is 19.5 Å². The van der Waals surface area contributed by atoms with E-state index in [-0.39, 0.29) is 0 Å². The molecule has 1 saturated carbocycles. The standard InChI is InChI=1S/C16H28BrN3/c1-3-9-18-14-8-6-5-7-13(11-14)16-15(17)12-19-20(16)10-4-2/h12-14,18H,3-11H2,1-2H3. The van der Waals surface area contributed by atoms with Crippen molar-refractivity contribution >= 4 is 15.9 Å². The Balaban J connectivity index is 2.11. The zero-order valence-corrected chi connectivity index (χ0v) is 14.5. The van der Waals surface area contributed by atoms with Crippen molar-refractivity contribution in [3.05, 3.63) is 16.4 Å². The Morgan fingerprint density at radius 3 is 2.85 bits per heavy atom. The molecular formula is C16H28BrN3. The van der Waals surface area contributed by atoms with Gasteiger partial charge in [-0.15, -0.1) is 0 Å². The Kier molecular flexibility index (Phi) is 6.56. The molecule has 0 amide bonds. The first-order chi connectivity index (χ1) is 9.76. The summed E-state index contributed by atoms with van der Waals surface area (Å²) in [6, 6.07) is 0.680. The van der Waals surface area contributed by atoms with Crippen molar-refractivity contribution in [2.75, 3.05) is 6.54 Å². The Morgan fingerprint density at radius 1 is 1.30 bits per heavy atom. The van der Waals surface area contributed by atoms with Crippen LogP contribution in [0.3, 0.4) is 0 Å². The second kappa shape index (κ2) is 8.18. The third-order valence-electron chi connectivity index (χ3n) is 4.26. The van der Waals surface area contributed by atoms with E-state index in [9.17, 15) is 0 Å². The average molecular weight is 342 g/mol. The summed E-state index contributed by atoms with van der Waals surface area (Å²) in [5.41, 5.74) is 1.43. The highest BCUT2D eigenvalue weighted by molar-refractivity contribution is 9.10. The summed E-state index contributed by atoms with van der Waals surface area (Å²) < 4.78 is 3.42. The van der Waals surface area contributed by atoms with Gasteiger partial charge in [0, 0.05) is 18.5 Å². The van der Waals surface area contributed by atoms with Crippen molar-refractivity contribution in [3.8, 4) is 0 Å². The van der Waals surface area contributed by atoms with E-state index in [4.69, 9.17) is 0 Å². The summed E-state index contributed by atoms with van der Waals surface area (Å²) in [5, 5.41) is 8.28. The SMILES string of the molecule is CCCNC1CCCCC(c2c(Br)cnn2CCC)C1. The molecule has 1 aliphatic carbocycles. The van der Waals surface area contributed by atoms with E-state index in [2.05, 4.69) is 44.9 Å². The van der Waals surface area contributed by atoms with Crippen LogP contribution in [0.5, 0.6) is 0 Å². The second-order valence-corrected chi connectivity index (χ2v) is 6.82. The van der Waals surface area contributed by atoms with Crippen molar-refractivity contribution in [2.24, 2.45) is 0 Å². The zero-order valence-electron chi connectivity index (χ0n) is 12.9. The number of rotatable bonds is 6. The third kappa shape index (κ3) is 4.08. The maximum Gasteiger partial charge on any atom is 0.0635 e. The number of hydrogen-bond acceptors (Lipinski definition) is 2. The van der Waals surface area contributed by atoms with Gasteiger partial charge in [-0.1, -0.05) is 26.7 Å². The summed E-state index contributed by atoms with van der Waals surface area (Å²) in [7, 11) is 0. The van der Waals surface area contributed by atoms with E-state index in [1.807, 2.05) is 6.20 Å². The number of aryl methyl sites for hydroxylation is 1. The molecule has 0 aromatic carbocycles. The minimum atomic E-state index is 0.648. The van der Waals surface area contributed by atoms with Crippen LogP contribution in [0.4, 0.5) is 0 Å². The number of halogens is 1. The van der Waals surface area contributed by atoms with Crippen LogP contribution >= 0.6 is 15.9 Å². The fraction of sp³-hybridized carbons (Fsp3) is 0.812. The van der Waals surface area contributed by atoms with Crippen molar-refractivity contribution < 1.29 is 0 Å². The largest absolute Gasteiger partial charge is 0.314 e. The smallest absolute Gasteiger partial charge is 0.0635 e. The van der Waals surface area contributed by atoms with Crippen molar-refractivity contribution in [3.63, 3.8) is 0 Å². The molecule has 1 aromatic rings. The van der Waals surface area contributed by atoms with Crippen LogP contribution in [0.25, 0.3) is 0 Å². The van der Waals surface area contributed by atoms with Gasteiger partial charge in [-0.2, -0.15) is 5.10 Å². The fourth-order valence-corrected chi connectivity index (χ4v) is 3.93. The number of nitrogens with one attached hydrogen (secondary N) is 1. The van der Waals surface area contributed by atoms with E-state index in [1.54, 1.807) is 0 Å². The zero-order chi connectivity index (χ0) is 14.4. The molecule has 0 aliphatic heterocycles. The molecular weight excluding hydrogens is 314 g/mol. The normalized spacial score (nSPS) is 23.8. The predicted molar refractivity (Wildman–Crippen MR) is 88.1 cm³/mol. The quantitative estimate of drug-likeness (QED) is 0.773. The molecule has 114 valence electrons. The van der Waals surface area contributed by atoms with Crippen molar-refractivity contribution in [1.82, 2.24) is 15.1 Å². The fourth-order valence-electron chi connectivity index (χ4n) is 3.31. The van der Waals surface area contributed by atoms with E-state index < -0.39 is 0 Å². The highest BCUT2D eigenvalue weighted by atomic mass is 79.9. The molecule has 1 heterocycles. The van der Waals surface area contributed by atoms with Crippen LogP contribution in [-0.2, 0) is 6.54 Å². The van der Waals surface area contributed by atoms with Crippen LogP contribution in [-0.4, -0.2) is 22.4 Å². The maximum absolute atomic E-state index is 4.55. The lowest BCUT2D eigenvalue weighted by atomic mass is 9.94. The second-order valence-electron chi connectivity index (χ2n) is 5.97. The molecule has 2 unspecified atom stereocenters. The van der Waals surface area contributed by atoms with E-state index in [0.29, 0.717) is 12.0 Å². The summed E-state index contributed by atoms with van der Waals surface area (Å²) in [4.78, 5) is 0. The first-order valence-corrected chi connectivity index (χ1v) is 9.00. The van der Waals surface area contributed by atoms with E-state index >= 15 is 0 Å². The van der Waals surface area contributed by atoms with Gasteiger partial charge < -0.3 is 5.32 Å². The molecule has 20 heavy (non-hydrogen) atoms. The summed E-state index contributed by atoms with van der Waals surface area (Å²) in [6.45, 7) is 6.64. The van der Waals surface area contributed by atoms with Gasteiger partial charge in [0.2, 0.25) is 0 Å². The van der Waals surface area contributed by atoms with Gasteiger partial charge in [0.15, 0.2) is 0 Å². The topological polar surface area (TPSA) is 29.9 Å². The lowest BCUT2D eigenvalue weighted by molar-refractivity contribution is 0.422. The monoisotopic (exact) mass is 341 g/mol. The lowest BCUT2D eigenvalue weighted by Gasteiger charge is -2.22. The van der Waals surface area contributed by atoms with Crippen LogP contribution < -0.4 is 5.32 Å². The lowest BCUT2D eigenvalue weighted by Crippen LogP contribution is -2.30. The van der Waals surface area contributed by atoms with Crippen molar-refractivity contribution in [2.45, 2.75) is 77.3 Å². The number of aromatic nitrogens is 2. The Bertz CT molecular complexity index is 402. The summed E-state index contributed by atoms with van der Waals surface area (Å²) >= 11 is 3.72. The van der Waals surface area contributed by atoms with Gasteiger partial charge in [0.25, 0.3) is 0 Å². The molecule has 1 N–H and O–H groups in total. The maximum atomic E-state index is 4.55. The molecule has 0 bridgehead atoms. The molecule has 2 rings (SSSR count). The van der Waals surface area contributed by atoms with Gasteiger partial charge in [-0.3, -0.25) is 4.68 Å². The van der Waals surface area contributed by atoms with Gasteiger partial charge in [-0.05, 0) is 54.6 Å². The van der Waals surface area contributed by atoms with Crippen molar-refractivity contribution in [1.29, 1.82) is 0 Å². The molecule has 0 radical (unpaired) electrons. The van der Waals surface area contributed by atoms with Crippen LogP contribution in [0.1, 0.15) is 70.4 Å². The molecule has 3 nitrogen and oxygen atoms in total. The van der Waals surface area contributed by atoms with Gasteiger partial charge in [0.05, 0.1) is 16.4 Å². The molecule has 0 spiro atoms. The molecule has 1 fully saturated rings. The van der Waals surface area contributed by atoms with E-state index in [1.165, 1.54) is 48.7 Å². The van der Waals surface area contributed by atoms with Crippen LogP contribution in [0.2, 0.25) is 0 Å². The average Bonchev–Trinajstić information content (AvgIpc) is 2.67. The minimum Gasteiger partial charge on any atom is -0.314 e. The summed E-state index contributed by atoms with van der Waals surface area (Å²) in [5.74, 6) is 0.648. The first-order valence-electron chi connectivity index (χ1n) is 8.20. The van der Waals surface area contributed by atoms with Gasteiger partial charge >= 0.3 is 0 Å². The molecule has 4 heteroatoms. The Morgan fingerprint density at radius 2 is 2.10 bits per heavy atom. The molecule has 1 aromatic heterocycles. The highest BCUT2D eigenvalue weighted by Crippen LogP contribution is 2.35. The van der Waals surface area contributed by atoms with Gasteiger partial charge in [-0.25, -0.2) is 0 Å². The summed E-state index contributed by atoms with van der Waals surface area (Å²) in [6.07, 6.45) is 10.9. The minimum absolute atomic E-state index is 0.648. The highest BCUT2D eigenvalue weighted by Gasteiger charge is 2.25. The first kappa shape index (κ1) is 16.0. The Labute approximate surface area is 131 Å². The molecule has 1 aliphatic rings. The number of nitrogens with zero attached hydrogens (tertiary/aromatic N) is 2. The molecule has 2 atom stereocenters. The third-order valence-corrected chi connectivity index (χ3v) is 4.87. The predicted octanol–water partition coefficient (Wildman–Crippen LogP) is 4.47. The van der Waals surface area contributed by atoms with Gasteiger partial charge in [0.1, 0.15) is 0 Å². The molecule has 0 saturated heterocycles. The van der Waals surface area contributed by atoms with Crippen LogP contribution in [0.15, 0.2) is 10.7 Å².